The molecule has 1 aromatic carbocycles. The van der Waals surface area contributed by atoms with Gasteiger partial charge in [0.2, 0.25) is 0 Å². The van der Waals surface area contributed by atoms with Gasteiger partial charge < -0.3 is 10.2 Å². The molecule has 0 aliphatic carbocycles. The molecular formula is C15H19N3O. The molecule has 0 saturated carbocycles. The Hall–Kier alpha value is -1.81. The average Bonchev–Trinajstić information content (AvgIpc) is 2.73. The lowest BCUT2D eigenvalue weighted by atomic mass is 10.0. The van der Waals surface area contributed by atoms with Crippen LogP contribution in [-0.4, -0.2) is 16.4 Å². The lowest BCUT2D eigenvalue weighted by Crippen LogP contribution is -2.29. The maximum absolute atomic E-state index is 5.60. The number of aryl methyl sites for hydroxylation is 2. The van der Waals surface area contributed by atoms with Gasteiger partial charge in [-0.25, -0.2) is 0 Å². The zero-order chi connectivity index (χ0) is 13.4. The molecule has 0 radical (unpaired) electrons. The van der Waals surface area contributed by atoms with Gasteiger partial charge in [0.1, 0.15) is 5.76 Å². The standard InChI is InChI=1S/C15H19N3O/c1-10-3-4-11(2)12(7-10)8-18-6-5-13-14(9-18)19-15(16)17-13/h3-4,7H,5-6,8-9H2,1-2H3,(H2,16,17). The largest absolute Gasteiger partial charge is 0.427 e. The summed E-state index contributed by atoms with van der Waals surface area (Å²) in [5.74, 6) is 0.925. The van der Waals surface area contributed by atoms with Crippen molar-refractivity contribution in [2.75, 3.05) is 12.3 Å². The predicted molar refractivity (Wildman–Crippen MR) is 74.6 cm³/mol. The quantitative estimate of drug-likeness (QED) is 0.897. The van der Waals surface area contributed by atoms with Crippen molar-refractivity contribution in [2.45, 2.75) is 33.4 Å². The minimum absolute atomic E-state index is 0.290. The van der Waals surface area contributed by atoms with Crippen LogP contribution in [0.4, 0.5) is 6.01 Å². The lowest BCUT2D eigenvalue weighted by Gasteiger charge is -2.25. The first-order valence-electron chi connectivity index (χ1n) is 6.64. The normalized spacial score (nSPS) is 15.5. The first-order chi connectivity index (χ1) is 9.11. The number of aromatic nitrogens is 1. The SMILES string of the molecule is Cc1ccc(C)c(CN2CCc3nc(N)oc3C2)c1. The molecule has 0 spiro atoms. The van der Waals surface area contributed by atoms with Crippen LogP contribution in [0.1, 0.15) is 28.1 Å². The minimum Gasteiger partial charge on any atom is -0.427 e. The van der Waals surface area contributed by atoms with E-state index in [2.05, 4.69) is 41.9 Å². The van der Waals surface area contributed by atoms with Crippen molar-refractivity contribution in [1.82, 2.24) is 9.88 Å². The molecule has 0 atom stereocenters. The van der Waals surface area contributed by atoms with E-state index in [0.29, 0.717) is 6.01 Å². The summed E-state index contributed by atoms with van der Waals surface area (Å²) in [6, 6.07) is 6.90. The van der Waals surface area contributed by atoms with Crippen molar-refractivity contribution in [3.63, 3.8) is 0 Å². The summed E-state index contributed by atoms with van der Waals surface area (Å²) >= 11 is 0. The Morgan fingerprint density at radius 3 is 3.05 bits per heavy atom. The number of anilines is 1. The molecule has 1 aliphatic heterocycles. The van der Waals surface area contributed by atoms with E-state index in [1.807, 2.05) is 0 Å². The second-order valence-electron chi connectivity index (χ2n) is 5.31. The van der Waals surface area contributed by atoms with E-state index < -0.39 is 0 Å². The van der Waals surface area contributed by atoms with Crippen LogP contribution in [0.3, 0.4) is 0 Å². The zero-order valence-electron chi connectivity index (χ0n) is 11.4. The maximum Gasteiger partial charge on any atom is 0.292 e. The van der Waals surface area contributed by atoms with Gasteiger partial charge in [0, 0.05) is 19.5 Å². The molecule has 4 nitrogen and oxygen atoms in total. The highest BCUT2D eigenvalue weighted by molar-refractivity contribution is 5.31. The molecule has 0 saturated heterocycles. The van der Waals surface area contributed by atoms with Gasteiger partial charge >= 0.3 is 0 Å². The first-order valence-corrected chi connectivity index (χ1v) is 6.64. The highest BCUT2D eigenvalue weighted by Crippen LogP contribution is 2.23. The second-order valence-corrected chi connectivity index (χ2v) is 5.31. The Bertz CT molecular complexity index is 603. The summed E-state index contributed by atoms with van der Waals surface area (Å²) < 4.78 is 5.45. The summed E-state index contributed by atoms with van der Waals surface area (Å²) in [6.07, 6.45) is 0.918. The van der Waals surface area contributed by atoms with E-state index in [9.17, 15) is 0 Å². The van der Waals surface area contributed by atoms with Gasteiger partial charge in [-0.15, -0.1) is 0 Å². The second kappa shape index (κ2) is 4.70. The molecule has 1 aromatic heterocycles. The number of rotatable bonds is 2. The van der Waals surface area contributed by atoms with Crippen LogP contribution in [0.2, 0.25) is 0 Å². The Morgan fingerprint density at radius 1 is 1.37 bits per heavy atom. The van der Waals surface area contributed by atoms with Crippen molar-refractivity contribution in [1.29, 1.82) is 0 Å². The number of hydrogen-bond donors (Lipinski definition) is 1. The van der Waals surface area contributed by atoms with Crippen LogP contribution in [0.25, 0.3) is 0 Å². The molecule has 2 N–H and O–H groups in total. The van der Waals surface area contributed by atoms with Crippen LogP contribution in [0, 0.1) is 13.8 Å². The zero-order valence-corrected chi connectivity index (χ0v) is 11.4. The van der Waals surface area contributed by atoms with Gasteiger partial charge in [0.25, 0.3) is 6.01 Å². The fourth-order valence-corrected chi connectivity index (χ4v) is 2.61. The fourth-order valence-electron chi connectivity index (χ4n) is 2.61. The molecule has 4 heteroatoms. The molecule has 2 heterocycles. The smallest absolute Gasteiger partial charge is 0.292 e. The van der Waals surface area contributed by atoms with Crippen LogP contribution in [-0.2, 0) is 19.5 Å². The number of hydrogen-bond acceptors (Lipinski definition) is 4. The van der Waals surface area contributed by atoms with Gasteiger partial charge in [-0.3, -0.25) is 4.90 Å². The van der Waals surface area contributed by atoms with Crippen LogP contribution in [0.15, 0.2) is 22.6 Å². The Balaban J connectivity index is 1.77. The number of benzene rings is 1. The summed E-state index contributed by atoms with van der Waals surface area (Å²) in [5, 5.41) is 0. The van der Waals surface area contributed by atoms with Gasteiger partial charge in [-0.2, -0.15) is 4.98 Å². The van der Waals surface area contributed by atoms with Crippen molar-refractivity contribution < 1.29 is 4.42 Å². The molecule has 19 heavy (non-hydrogen) atoms. The molecule has 0 amide bonds. The predicted octanol–water partition coefficient (Wildman–Crippen LogP) is 2.43. The van der Waals surface area contributed by atoms with Gasteiger partial charge in [0.05, 0.1) is 12.2 Å². The number of nitrogens with two attached hydrogens (primary N) is 1. The molecule has 1 aliphatic rings. The topological polar surface area (TPSA) is 55.3 Å². The van der Waals surface area contributed by atoms with Crippen LogP contribution in [0.5, 0.6) is 0 Å². The van der Waals surface area contributed by atoms with E-state index in [4.69, 9.17) is 10.2 Å². The third-order valence-electron chi connectivity index (χ3n) is 3.73. The molecule has 2 aromatic rings. The molecular weight excluding hydrogens is 238 g/mol. The van der Waals surface area contributed by atoms with E-state index in [1.165, 1.54) is 16.7 Å². The minimum atomic E-state index is 0.290. The Kier molecular flexibility index (Phi) is 3.03. The monoisotopic (exact) mass is 257 g/mol. The molecule has 0 bridgehead atoms. The van der Waals surface area contributed by atoms with Gasteiger partial charge in [-0.1, -0.05) is 23.8 Å². The van der Waals surface area contributed by atoms with Gasteiger partial charge in [0.15, 0.2) is 0 Å². The molecule has 0 unspecified atom stereocenters. The number of nitrogen functional groups attached to an aromatic ring is 1. The van der Waals surface area contributed by atoms with Crippen LogP contribution >= 0.6 is 0 Å². The first kappa shape index (κ1) is 12.2. The summed E-state index contributed by atoms with van der Waals surface area (Å²) in [6.45, 7) is 7.05. The van der Waals surface area contributed by atoms with E-state index in [-0.39, 0.29) is 0 Å². The molecule has 100 valence electrons. The fraction of sp³-hybridized carbons (Fsp3) is 0.400. The Labute approximate surface area is 113 Å². The van der Waals surface area contributed by atoms with E-state index >= 15 is 0 Å². The summed E-state index contributed by atoms with van der Waals surface area (Å²) in [5.41, 5.74) is 10.7. The van der Waals surface area contributed by atoms with Crippen molar-refractivity contribution in [3.05, 3.63) is 46.3 Å². The maximum atomic E-state index is 5.60. The lowest BCUT2D eigenvalue weighted by molar-refractivity contribution is 0.221. The molecule has 3 rings (SSSR count). The van der Waals surface area contributed by atoms with E-state index in [0.717, 1.165) is 37.5 Å². The highest BCUT2D eigenvalue weighted by atomic mass is 16.4. The highest BCUT2D eigenvalue weighted by Gasteiger charge is 2.21. The van der Waals surface area contributed by atoms with E-state index in [1.54, 1.807) is 0 Å². The third-order valence-corrected chi connectivity index (χ3v) is 3.73. The average molecular weight is 257 g/mol. The summed E-state index contributed by atoms with van der Waals surface area (Å²) in [7, 11) is 0. The van der Waals surface area contributed by atoms with Crippen molar-refractivity contribution >= 4 is 6.01 Å². The number of fused-ring (bicyclic) bond motifs is 1. The Morgan fingerprint density at radius 2 is 2.21 bits per heavy atom. The molecule has 0 fully saturated rings. The summed E-state index contributed by atoms with van der Waals surface area (Å²) in [4.78, 5) is 6.59. The number of nitrogens with zero attached hydrogens (tertiary/aromatic N) is 2. The number of oxazole rings is 1. The van der Waals surface area contributed by atoms with Crippen molar-refractivity contribution in [2.24, 2.45) is 0 Å². The van der Waals surface area contributed by atoms with Crippen LogP contribution < -0.4 is 5.73 Å². The van der Waals surface area contributed by atoms with Crippen molar-refractivity contribution in [3.8, 4) is 0 Å². The van der Waals surface area contributed by atoms with Gasteiger partial charge in [-0.05, 0) is 25.0 Å². The third kappa shape index (κ3) is 2.49.